The lowest BCUT2D eigenvalue weighted by Crippen LogP contribution is -2.47. The molecule has 0 amide bonds. The van der Waals surface area contributed by atoms with E-state index in [9.17, 15) is 4.39 Å². The molecule has 8 nitrogen and oxygen atoms in total. The molecule has 0 spiro atoms. The Morgan fingerprint density at radius 1 is 0.613 bits per heavy atom. The smallest absolute Gasteiger partial charge is 0.229 e. The van der Waals surface area contributed by atoms with E-state index in [-0.39, 0.29) is 5.82 Å². The quantitative estimate of drug-likeness (QED) is 0.728. The summed E-state index contributed by atoms with van der Waals surface area (Å²) in [5.41, 5.74) is 1.05. The van der Waals surface area contributed by atoms with E-state index in [0.29, 0.717) is 0 Å². The lowest BCUT2D eigenvalue weighted by Gasteiger charge is -2.37. The maximum absolute atomic E-state index is 13.3. The third-order valence-electron chi connectivity index (χ3n) is 6.11. The lowest BCUT2D eigenvalue weighted by atomic mass is 10.2. The first-order chi connectivity index (χ1) is 15.3. The molecule has 3 aliphatic rings. The first kappa shape index (κ1) is 20.3. The van der Waals surface area contributed by atoms with Crippen LogP contribution in [0.1, 0.15) is 0 Å². The molecular formula is C22H29FN6O2. The Balaban J connectivity index is 1.35. The predicted molar refractivity (Wildman–Crippen MR) is 119 cm³/mol. The Morgan fingerprint density at radius 3 is 1.61 bits per heavy atom. The second-order valence-electron chi connectivity index (χ2n) is 8.03. The summed E-state index contributed by atoms with van der Waals surface area (Å²) in [5.74, 6) is 2.52. The summed E-state index contributed by atoms with van der Waals surface area (Å²) in [5, 5.41) is 0. The zero-order valence-corrected chi connectivity index (χ0v) is 17.7. The van der Waals surface area contributed by atoms with Crippen LogP contribution in [0, 0.1) is 5.82 Å². The molecule has 0 radical (unpaired) electrons. The maximum Gasteiger partial charge on any atom is 0.229 e. The Bertz CT molecular complexity index is 827. The van der Waals surface area contributed by atoms with Crippen LogP contribution in [0.3, 0.4) is 0 Å². The third-order valence-corrected chi connectivity index (χ3v) is 6.11. The number of rotatable bonds is 4. The zero-order valence-electron chi connectivity index (χ0n) is 17.7. The van der Waals surface area contributed by atoms with Gasteiger partial charge in [-0.15, -0.1) is 0 Å². The summed E-state index contributed by atoms with van der Waals surface area (Å²) < 4.78 is 24.3. The van der Waals surface area contributed by atoms with Crippen LogP contribution in [0.5, 0.6) is 0 Å². The van der Waals surface area contributed by atoms with E-state index in [1.165, 1.54) is 12.1 Å². The summed E-state index contributed by atoms with van der Waals surface area (Å²) in [6.45, 7) is 9.63. The standard InChI is InChI=1S/C22H29FN6O2/c23-18-1-3-19(4-2-18)26-5-7-29(8-6-26)22-24-20(27-9-13-30-14-10-27)17-21(25-22)28-11-15-31-16-12-28/h1-4,17H,5-16H2. The molecule has 1 aromatic heterocycles. The van der Waals surface area contributed by atoms with Gasteiger partial charge in [0.25, 0.3) is 0 Å². The number of hydrogen-bond acceptors (Lipinski definition) is 8. The van der Waals surface area contributed by atoms with E-state index in [4.69, 9.17) is 19.4 Å². The normalized spacial score (nSPS) is 20.3. The molecule has 0 atom stereocenters. The molecular weight excluding hydrogens is 399 g/mol. The number of ether oxygens (including phenoxy) is 2. The van der Waals surface area contributed by atoms with Gasteiger partial charge in [0.15, 0.2) is 0 Å². The fourth-order valence-electron chi connectivity index (χ4n) is 4.28. The molecule has 2 aromatic rings. The topological polar surface area (TPSA) is 57.2 Å². The van der Waals surface area contributed by atoms with E-state index in [2.05, 4.69) is 25.7 Å². The Hall–Kier alpha value is -2.65. The molecule has 0 bridgehead atoms. The van der Waals surface area contributed by atoms with Crippen LogP contribution in [0.15, 0.2) is 30.3 Å². The minimum absolute atomic E-state index is 0.202. The van der Waals surface area contributed by atoms with Gasteiger partial charge in [-0.3, -0.25) is 0 Å². The number of benzene rings is 1. The highest BCUT2D eigenvalue weighted by Crippen LogP contribution is 2.26. The predicted octanol–water partition coefficient (Wildman–Crippen LogP) is 1.62. The maximum atomic E-state index is 13.3. The Morgan fingerprint density at radius 2 is 1.10 bits per heavy atom. The summed E-state index contributed by atoms with van der Waals surface area (Å²) in [7, 11) is 0. The molecule has 31 heavy (non-hydrogen) atoms. The highest BCUT2D eigenvalue weighted by molar-refractivity contribution is 5.57. The summed E-state index contributed by atoms with van der Waals surface area (Å²) in [6.07, 6.45) is 0. The van der Waals surface area contributed by atoms with Crippen LogP contribution < -0.4 is 19.6 Å². The average Bonchev–Trinajstić information content (AvgIpc) is 2.85. The average molecular weight is 429 g/mol. The fraction of sp³-hybridized carbons (Fsp3) is 0.545. The van der Waals surface area contributed by atoms with Gasteiger partial charge in [-0.1, -0.05) is 0 Å². The Labute approximate surface area is 182 Å². The molecule has 166 valence electrons. The summed E-state index contributed by atoms with van der Waals surface area (Å²) >= 11 is 0. The van der Waals surface area contributed by atoms with Crippen molar-refractivity contribution in [1.29, 1.82) is 0 Å². The van der Waals surface area contributed by atoms with Crippen LogP contribution in [0.25, 0.3) is 0 Å². The zero-order chi connectivity index (χ0) is 21.0. The SMILES string of the molecule is Fc1ccc(N2CCN(c3nc(N4CCOCC4)cc(N4CCOCC4)n3)CC2)cc1. The van der Waals surface area contributed by atoms with Crippen molar-refractivity contribution < 1.29 is 13.9 Å². The Kier molecular flexibility index (Phi) is 6.04. The van der Waals surface area contributed by atoms with Crippen molar-refractivity contribution in [1.82, 2.24) is 9.97 Å². The molecule has 3 aliphatic heterocycles. The van der Waals surface area contributed by atoms with Gasteiger partial charge in [0, 0.05) is 64.1 Å². The van der Waals surface area contributed by atoms with Gasteiger partial charge < -0.3 is 29.1 Å². The van der Waals surface area contributed by atoms with Crippen molar-refractivity contribution >= 4 is 23.3 Å². The van der Waals surface area contributed by atoms with E-state index in [1.807, 2.05) is 12.1 Å². The molecule has 3 saturated heterocycles. The van der Waals surface area contributed by atoms with Crippen LogP contribution in [0.2, 0.25) is 0 Å². The summed E-state index contributed by atoms with van der Waals surface area (Å²) in [6, 6.07) is 8.83. The van der Waals surface area contributed by atoms with Crippen molar-refractivity contribution in [3.8, 4) is 0 Å². The van der Waals surface area contributed by atoms with E-state index < -0.39 is 0 Å². The number of anilines is 4. The number of aromatic nitrogens is 2. The monoisotopic (exact) mass is 428 g/mol. The fourth-order valence-corrected chi connectivity index (χ4v) is 4.28. The molecule has 0 N–H and O–H groups in total. The van der Waals surface area contributed by atoms with Gasteiger partial charge in [0.2, 0.25) is 5.95 Å². The van der Waals surface area contributed by atoms with Crippen LogP contribution in [-0.2, 0) is 9.47 Å². The van der Waals surface area contributed by atoms with Crippen molar-refractivity contribution in [2.24, 2.45) is 0 Å². The minimum atomic E-state index is -0.202. The van der Waals surface area contributed by atoms with Gasteiger partial charge in [-0.05, 0) is 24.3 Å². The molecule has 3 fully saturated rings. The molecule has 0 unspecified atom stereocenters. The number of nitrogens with zero attached hydrogens (tertiary/aromatic N) is 6. The molecule has 9 heteroatoms. The largest absolute Gasteiger partial charge is 0.378 e. The van der Waals surface area contributed by atoms with E-state index in [0.717, 1.165) is 102 Å². The molecule has 0 saturated carbocycles. The van der Waals surface area contributed by atoms with Gasteiger partial charge in [-0.25, -0.2) is 4.39 Å². The second kappa shape index (κ2) is 9.23. The van der Waals surface area contributed by atoms with Gasteiger partial charge in [0.05, 0.1) is 26.4 Å². The molecule has 5 rings (SSSR count). The van der Waals surface area contributed by atoms with Crippen molar-refractivity contribution in [2.75, 3.05) is 98.4 Å². The van der Waals surface area contributed by atoms with Crippen LogP contribution >= 0.6 is 0 Å². The van der Waals surface area contributed by atoms with E-state index in [1.54, 1.807) is 0 Å². The first-order valence-electron chi connectivity index (χ1n) is 11.1. The van der Waals surface area contributed by atoms with E-state index >= 15 is 0 Å². The molecule has 4 heterocycles. The van der Waals surface area contributed by atoms with Crippen molar-refractivity contribution in [3.05, 3.63) is 36.1 Å². The summed E-state index contributed by atoms with van der Waals surface area (Å²) in [4.78, 5) is 19.0. The second-order valence-corrected chi connectivity index (χ2v) is 8.03. The molecule has 0 aliphatic carbocycles. The minimum Gasteiger partial charge on any atom is -0.378 e. The van der Waals surface area contributed by atoms with Gasteiger partial charge in [-0.2, -0.15) is 9.97 Å². The number of piperazine rings is 1. The lowest BCUT2D eigenvalue weighted by molar-refractivity contribution is 0.122. The van der Waals surface area contributed by atoms with Gasteiger partial charge in [0.1, 0.15) is 17.5 Å². The van der Waals surface area contributed by atoms with Crippen molar-refractivity contribution in [3.63, 3.8) is 0 Å². The number of morpholine rings is 2. The third kappa shape index (κ3) is 4.67. The van der Waals surface area contributed by atoms with Crippen LogP contribution in [0.4, 0.5) is 27.7 Å². The highest BCUT2D eigenvalue weighted by atomic mass is 19.1. The van der Waals surface area contributed by atoms with Gasteiger partial charge >= 0.3 is 0 Å². The number of hydrogen-bond donors (Lipinski definition) is 0. The van der Waals surface area contributed by atoms with Crippen molar-refractivity contribution in [2.45, 2.75) is 0 Å². The number of halogens is 1. The van der Waals surface area contributed by atoms with Crippen LogP contribution in [-0.4, -0.2) is 88.8 Å². The molecule has 1 aromatic carbocycles. The highest BCUT2D eigenvalue weighted by Gasteiger charge is 2.24. The first-order valence-corrected chi connectivity index (χ1v) is 11.1.